The summed E-state index contributed by atoms with van der Waals surface area (Å²) in [7, 11) is 0. The minimum Gasteiger partial charge on any atom is -0.394 e. The molecule has 1 aliphatic rings. The Kier molecular flexibility index (Phi) is 11.9. The lowest BCUT2D eigenvalue weighted by Gasteiger charge is -2.40. The second-order valence-corrected chi connectivity index (χ2v) is 7.19. The van der Waals surface area contributed by atoms with Crippen molar-refractivity contribution in [3.8, 4) is 0 Å². The molecular formula is C19H38O5. The Morgan fingerprint density at radius 2 is 1.08 bits per heavy atom. The van der Waals surface area contributed by atoms with Gasteiger partial charge in [-0.25, -0.2) is 0 Å². The summed E-state index contributed by atoms with van der Waals surface area (Å²) in [5, 5.41) is 38.6. The highest BCUT2D eigenvalue weighted by Crippen LogP contribution is 2.25. The molecule has 24 heavy (non-hydrogen) atoms. The summed E-state index contributed by atoms with van der Waals surface area (Å²) < 4.78 is 5.51. The summed E-state index contributed by atoms with van der Waals surface area (Å²) in [5.74, 6) is 0. The van der Waals surface area contributed by atoms with Gasteiger partial charge in [0.1, 0.15) is 24.4 Å². The number of rotatable bonds is 13. The number of hydrogen-bond acceptors (Lipinski definition) is 5. The van der Waals surface area contributed by atoms with Crippen molar-refractivity contribution < 1.29 is 25.2 Å². The lowest BCUT2D eigenvalue weighted by Crippen LogP contribution is -2.58. The minimum atomic E-state index is -1.24. The van der Waals surface area contributed by atoms with E-state index >= 15 is 0 Å². The molecule has 0 spiro atoms. The second-order valence-electron chi connectivity index (χ2n) is 7.19. The molecule has 0 aromatic rings. The van der Waals surface area contributed by atoms with E-state index < -0.39 is 30.5 Å². The van der Waals surface area contributed by atoms with Crippen LogP contribution in [0.3, 0.4) is 0 Å². The summed E-state index contributed by atoms with van der Waals surface area (Å²) in [4.78, 5) is 0. The topological polar surface area (TPSA) is 90.2 Å². The highest BCUT2D eigenvalue weighted by molar-refractivity contribution is 4.91. The molecular weight excluding hydrogens is 308 g/mol. The van der Waals surface area contributed by atoms with Crippen LogP contribution in [-0.4, -0.2) is 57.6 Å². The quantitative estimate of drug-likeness (QED) is 0.385. The molecule has 3 unspecified atom stereocenters. The third-order valence-corrected chi connectivity index (χ3v) is 5.08. The van der Waals surface area contributed by atoms with Crippen molar-refractivity contribution in [1.29, 1.82) is 0 Å². The molecule has 5 heteroatoms. The summed E-state index contributed by atoms with van der Waals surface area (Å²) in [5.41, 5.74) is 0. The first-order valence-electron chi connectivity index (χ1n) is 9.92. The molecule has 5 nitrogen and oxygen atoms in total. The highest BCUT2D eigenvalue weighted by Gasteiger charge is 2.42. The molecule has 1 rings (SSSR count). The standard InChI is InChI=1S/C19H38O5/c1-2-3-4-5-6-7-8-9-10-11-12-13-15-17(21)19(23)18(22)16(14-20)24-15/h15-23H,2-14H2,1H3/t15?,16?,17?,18-,19-/m1/s1. The van der Waals surface area contributed by atoms with Gasteiger partial charge in [-0.05, 0) is 6.42 Å². The third kappa shape index (κ3) is 7.79. The van der Waals surface area contributed by atoms with E-state index in [0.29, 0.717) is 6.42 Å². The van der Waals surface area contributed by atoms with Gasteiger partial charge in [-0.2, -0.15) is 0 Å². The van der Waals surface area contributed by atoms with Gasteiger partial charge in [0.2, 0.25) is 0 Å². The molecule has 0 bridgehead atoms. The van der Waals surface area contributed by atoms with Gasteiger partial charge in [0.25, 0.3) is 0 Å². The first-order chi connectivity index (χ1) is 11.6. The molecule has 0 radical (unpaired) electrons. The normalized spacial score (nSPS) is 30.6. The lowest BCUT2D eigenvalue weighted by atomic mass is 9.92. The first-order valence-corrected chi connectivity index (χ1v) is 9.92. The Hall–Kier alpha value is -0.200. The Bertz CT molecular complexity index is 297. The highest BCUT2D eigenvalue weighted by atomic mass is 16.5. The van der Waals surface area contributed by atoms with E-state index in [1.165, 1.54) is 57.8 Å². The molecule has 144 valence electrons. The van der Waals surface area contributed by atoms with Crippen LogP contribution >= 0.6 is 0 Å². The number of hydrogen-bond donors (Lipinski definition) is 4. The van der Waals surface area contributed by atoms with E-state index in [-0.39, 0.29) is 6.61 Å². The van der Waals surface area contributed by atoms with Crippen molar-refractivity contribution in [3.05, 3.63) is 0 Å². The van der Waals surface area contributed by atoms with E-state index in [2.05, 4.69) is 6.92 Å². The second kappa shape index (κ2) is 13.1. The van der Waals surface area contributed by atoms with E-state index in [1.54, 1.807) is 0 Å². The van der Waals surface area contributed by atoms with Crippen LogP contribution in [0.4, 0.5) is 0 Å². The molecule has 0 aromatic carbocycles. The van der Waals surface area contributed by atoms with Crippen LogP contribution in [0.15, 0.2) is 0 Å². The Morgan fingerprint density at radius 1 is 0.625 bits per heavy atom. The van der Waals surface area contributed by atoms with Gasteiger partial charge < -0.3 is 25.2 Å². The van der Waals surface area contributed by atoms with E-state index in [4.69, 9.17) is 9.84 Å². The number of unbranched alkanes of at least 4 members (excludes halogenated alkanes) is 10. The molecule has 5 atom stereocenters. The number of aliphatic hydroxyl groups is 4. The monoisotopic (exact) mass is 346 g/mol. The van der Waals surface area contributed by atoms with Crippen LogP contribution in [0, 0.1) is 0 Å². The van der Waals surface area contributed by atoms with Crippen LogP contribution in [-0.2, 0) is 4.74 Å². The van der Waals surface area contributed by atoms with E-state index in [9.17, 15) is 15.3 Å². The average molecular weight is 347 g/mol. The molecule has 1 saturated heterocycles. The third-order valence-electron chi connectivity index (χ3n) is 5.08. The molecule has 0 saturated carbocycles. The Labute approximate surface area is 147 Å². The fraction of sp³-hybridized carbons (Fsp3) is 1.00. The van der Waals surface area contributed by atoms with Crippen LogP contribution in [0.5, 0.6) is 0 Å². The maximum atomic E-state index is 9.97. The van der Waals surface area contributed by atoms with Crippen molar-refractivity contribution in [1.82, 2.24) is 0 Å². The van der Waals surface area contributed by atoms with Gasteiger partial charge in [0.15, 0.2) is 0 Å². The predicted octanol–water partition coefficient (Wildman–Crippen LogP) is 2.53. The van der Waals surface area contributed by atoms with Gasteiger partial charge in [0, 0.05) is 0 Å². The summed E-state index contributed by atoms with van der Waals surface area (Å²) in [6, 6.07) is 0. The molecule has 4 N–H and O–H groups in total. The number of aliphatic hydroxyl groups excluding tert-OH is 4. The van der Waals surface area contributed by atoms with Gasteiger partial charge in [-0.1, -0.05) is 77.6 Å². The van der Waals surface area contributed by atoms with Crippen LogP contribution in [0.25, 0.3) is 0 Å². The molecule has 1 fully saturated rings. The summed E-state index contributed by atoms with van der Waals surface area (Å²) >= 11 is 0. The van der Waals surface area contributed by atoms with Crippen molar-refractivity contribution >= 4 is 0 Å². The minimum absolute atomic E-state index is 0.348. The van der Waals surface area contributed by atoms with Crippen LogP contribution < -0.4 is 0 Å². The average Bonchev–Trinajstić information content (AvgIpc) is 2.59. The van der Waals surface area contributed by atoms with Crippen molar-refractivity contribution in [2.45, 2.75) is 114 Å². The van der Waals surface area contributed by atoms with Gasteiger partial charge in [-0.15, -0.1) is 0 Å². The van der Waals surface area contributed by atoms with Gasteiger partial charge in [0.05, 0.1) is 12.7 Å². The van der Waals surface area contributed by atoms with Crippen molar-refractivity contribution in [3.63, 3.8) is 0 Å². The Morgan fingerprint density at radius 3 is 1.58 bits per heavy atom. The maximum Gasteiger partial charge on any atom is 0.111 e. The largest absolute Gasteiger partial charge is 0.394 e. The molecule has 0 aromatic heterocycles. The smallest absolute Gasteiger partial charge is 0.111 e. The van der Waals surface area contributed by atoms with Crippen molar-refractivity contribution in [2.24, 2.45) is 0 Å². The maximum absolute atomic E-state index is 9.97. The summed E-state index contributed by atoms with van der Waals surface area (Å²) in [6.07, 6.45) is 9.64. The fourth-order valence-corrected chi connectivity index (χ4v) is 3.43. The molecule has 1 heterocycles. The predicted molar refractivity (Wildman–Crippen MR) is 94.8 cm³/mol. The van der Waals surface area contributed by atoms with Gasteiger partial charge >= 0.3 is 0 Å². The first kappa shape index (κ1) is 21.8. The van der Waals surface area contributed by atoms with Crippen LogP contribution in [0.2, 0.25) is 0 Å². The summed E-state index contributed by atoms with van der Waals surface area (Å²) in [6.45, 7) is 1.89. The zero-order chi connectivity index (χ0) is 17.8. The van der Waals surface area contributed by atoms with Crippen LogP contribution in [0.1, 0.15) is 84.0 Å². The van der Waals surface area contributed by atoms with E-state index in [0.717, 1.165) is 12.8 Å². The molecule has 0 amide bonds. The lowest BCUT2D eigenvalue weighted by molar-refractivity contribution is -0.230. The van der Waals surface area contributed by atoms with Gasteiger partial charge in [-0.3, -0.25) is 0 Å². The SMILES string of the molecule is CCCCCCCCCCCCCC1OC(CO)[C@@H](O)[C@H](O)C1O. The fourth-order valence-electron chi connectivity index (χ4n) is 3.43. The number of ether oxygens (including phenoxy) is 1. The zero-order valence-corrected chi connectivity index (χ0v) is 15.3. The van der Waals surface area contributed by atoms with E-state index in [1.807, 2.05) is 0 Å². The molecule has 0 aliphatic carbocycles. The molecule has 1 aliphatic heterocycles. The Balaban J connectivity index is 2.02. The van der Waals surface area contributed by atoms with Crippen molar-refractivity contribution in [2.75, 3.05) is 6.61 Å². The zero-order valence-electron chi connectivity index (χ0n) is 15.3.